The van der Waals surface area contributed by atoms with Crippen molar-refractivity contribution in [2.24, 2.45) is 0 Å². The van der Waals surface area contributed by atoms with Crippen molar-refractivity contribution in [3.63, 3.8) is 0 Å². The molecule has 0 radical (unpaired) electrons. The zero-order valence-electron chi connectivity index (χ0n) is 8.35. The molecular formula is C8H13NO4S. The fourth-order valence-corrected chi connectivity index (χ4v) is 1.47. The summed E-state index contributed by atoms with van der Waals surface area (Å²) in [7, 11) is -3.69. The lowest BCUT2D eigenvalue weighted by molar-refractivity contribution is -0.146. The Morgan fingerprint density at radius 2 is 1.93 bits per heavy atom. The largest absolute Gasteiger partial charge is 0.462 e. The fraction of sp³-hybridized carbons (Fsp3) is 0.750. The van der Waals surface area contributed by atoms with Crippen LogP contribution in [0.25, 0.3) is 0 Å². The average Bonchev–Trinajstić information content (AvgIpc) is 2.01. The van der Waals surface area contributed by atoms with Crippen LogP contribution in [0.15, 0.2) is 0 Å². The van der Waals surface area contributed by atoms with Gasteiger partial charge in [0.15, 0.2) is 15.1 Å². The number of carbonyl (C=O) groups is 1. The van der Waals surface area contributed by atoms with E-state index in [1.807, 2.05) is 0 Å². The highest BCUT2D eigenvalue weighted by Crippen LogP contribution is 2.05. The molecule has 1 unspecified atom stereocenters. The first-order chi connectivity index (χ1) is 6.31. The molecule has 0 aromatic heterocycles. The molecule has 0 rings (SSSR count). The molecule has 5 nitrogen and oxygen atoms in total. The van der Waals surface area contributed by atoms with Gasteiger partial charge in [-0.1, -0.05) is 0 Å². The first-order valence-corrected chi connectivity index (χ1v) is 5.81. The van der Waals surface area contributed by atoms with Crippen molar-refractivity contribution in [2.75, 3.05) is 5.75 Å². The van der Waals surface area contributed by atoms with Crippen LogP contribution in [0, 0.1) is 11.3 Å². The molecule has 0 fully saturated rings. The molecule has 0 heterocycles. The van der Waals surface area contributed by atoms with Crippen LogP contribution in [0.5, 0.6) is 0 Å². The molecule has 0 bridgehead atoms. The van der Waals surface area contributed by atoms with E-state index in [1.54, 1.807) is 13.8 Å². The van der Waals surface area contributed by atoms with E-state index in [0.29, 0.717) is 0 Å². The number of hydrogen-bond donors (Lipinski definition) is 0. The number of ether oxygens (including phenoxy) is 1. The lowest BCUT2D eigenvalue weighted by Crippen LogP contribution is -2.32. The predicted molar refractivity (Wildman–Crippen MR) is 50.1 cm³/mol. The number of esters is 1. The second-order valence-corrected chi connectivity index (χ2v) is 5.41. The van der Waals surface area contributed by atoms with E-state index in [1.165, 1.54) is 13.0 Å². The van der Waals surface area contributed by atoms with Crippen LogP contribution in [-0.2, 0) is 19.4 Å². The summed E-state index contributed by atoms with van der Waals surface area (Å²) in [6.07, 6.45) is -0.359. The highest BCUT2D eigenvalue weighted by Gasteiger charge is 2.29. The molecule has 6 heteroatoms. The van der Waals surface area contributed by atoms with Crippen molar-refractivity contribution in [3.05, 3.63) is 0 Å². The van der Waals surface area contributed by atoms with Gasteiger partial charge < -0.3 is 4.74 Å². The Morgan fingerprint density at radius 1 is 1.43 bits per heavy atom. The Bertz CT molecular complexity index is 339. The topological polar surface area (TPSA) is 84.2 Å². The number of nitriles is 1. The predicted octanol–water partition coefficient (Wildman–Crippen LogP) is 0.265. The maximum absolute atomic E-state index is 11.2. The number of nitrogens with zero attached hydrogens (tertiary/aromatic N) is 1. The van der Waals surface area contributed by atoms with Crippen molar-refractivity contribution < 1.29 is 17.9 Å². The van der Waals surface area contributed by atoms with Gasteiger partial charge in [-0.25, -0.2) is 8.42 Å². The molecule has 14 heavy (non-hydrogen) atoms. The van der Waals surface area contributed by atoms with E-state index in [4.69, 9.17) is 10.00 Å². The third kappa shape index (κ3) is 3.75. The number of sulfone groups is 1. The van der Waals surface area contributed by atoms with Gasteiger partial charge in [0.1, 0.15) is 5.75 Å². The van der Waals surface area contributed by atoms with Gasteiger partial charge in [0.25, 0.3) is 0 Å². The first-order valence-electron chi connectivity index (χ1n) is 4.10. The fourth-order valence-electron chi connectivity index (χ4n) is 0.690. The SMILES string of the molecule is CC(C)OC(=O)C(C)S(=O)(=O)CC#N. The molecule has 0 saturated heterocycles. The third-order valence-electron chi connectivity index (χ3n) is 1.49. The van der Waals surface area contributed by atoms with E-state index in [0.717, 1.165) is 0 Å². The number of rotatable bonds is 4. The van der Waals surface area contributed by atoms with Crippen molar-refractivity contribution in [1.82, 2.24) is 0 Å². The van der Waals surface area contributed by atoms with E-state index in [-0.39, 0.29) is 6.10 Å². The summed E-state index contributed by atoms with van der Waals surface area (Å²) in [6.45, 7) is 4.47. The van der Waals surface area contributed by atoms with Gasteiger partial charge in [-0.2, -0.15) is 5.26 Å². The van der Waals surface area contributed by atoms with E-state index < -0.39 is 26.8 Å². The quantitative estimate of drug-likeness (QED) is 0.633. The molecule has 0 aliphatic carbocycles. The van der Waals surface area contributed by atoms with Crippen LogP contribution in [0.4, 0.5) is 0 Å². The lowest BCUT2D eigenvalue weighted by atomic mass is 10.4. The van der Waals surface area contributed by atoms with Crippen molar-refractivity contribution in [2.45, 2.75) is 32.1 Å². The number of carbonyl (C=O) groups excluding carboxylic acids is 1. The standard InChI is InChI=1S/C8H13NO4S/c1-6(2)13-8(10)7(3)14(11,12)5-4-9/h6-7H,5H2,1-3H3. The molecule has 0 aliphatic rings. The summed E-state index contributed by atoms with van der Waals surface area (Å²) in [4.78, 5) is 11.2. The van der Waals surface area contributed by atoms with Gasteiger partial charge in [-0.05, 0) is 20.8 Å². The normalized spacial score (nSPS) is 13.4. The van der Waals surface area contributed by atoms with Gasteiger partial charge in [-0.3, -0.25) is 4.79 Å². The third-order valence-corrected chi connectivity index (χ3v) is 3.29. The maximum atomic E-state index is 11.2. The Balaban J connectivity index is 4.56. The highest BCUT2D eigenvalue weighted by molar-refractivity contribution is 7.92. The summed E-state index contributed by atoms with van der Waals surface area (Å²) >= 11 is 0. The molecule has 0 saturated carbocycles. The Morgan fingerprint density at radius 3 is 2.29 bits per heavy atom. The van der Waals surface area contributed by atoms with E-state index >= 15 is 0 Å². The molecular weight excluding hydrogens is 206 g/mol. The summed E-state index contributed by atoms with van der Waals surface area (Å²) in [5, 5.41) is 6.96. The summed E-state index contributed by atoms with van der Waals surface area (Å²) in [5.41, 5.74) is 0. The average molecular weight is 219 g/mol. The minimum absolute atomic E-state index is 0.359. The van der Waals surface area contributed by atoms with Crippen molar-refractivity contribution in [3.8, 4) is 6.07 Å². The molecule has 0 N–H and O–H groups in total. The lowest BCUT2D eigenvalue weighted by Gasteiger charge is -2.12. The molecule has 80 valence electrons. The monoisotopic (exact) mass is 219 g/mol. The van der Waals surface area contributed by atoms with E-state index in [9.17, 15) is 13.2 Å². The Labute approximate surface area is 83.6 Å². The van der Waals surface area contributed by atoms with Gasteiger partial charge in [0.2, 0.25) is 0 Å². The molecule has 0 aromatic rings. The molecule has 0 aliphatic heterocycles. The van der Waals surface area contributed by atoms with Crippen LogP contribution >= 0.6 is 0 Å². The van der Waals surface area contributed by atoms with Gasteiger partial charge in [0.05, 0.1) is 12.2 Å². The van der Waals surface area contributed by atoms with Gasteiger partial charge in [-0.15, -0.1) is 0 Å². The molecule has 0 aromatic carbocycles. The summed E-state index contributed by atoms with van der Waals surface area (Å²) < 4.78 is 27.2. The highest BCUT2D eigenvalue weighted by atomic mass is 32.2. The zero-order chi connectivity index (χ0) is 11.4. The Kier molecular flexibility index (Phi) is 4.57. The second kappa shape index (κ2) is 4.96. The van der Waals surface area contributed by atoms with Crippen molar-refractivity contribution in [1.29, 1.82) is 5.26 Å². The zero-order valence-corrected chi connectivity index (χ0v) is 9.17. The first kappa shape index (κ1) is 12.9. The summed E-state index contributed by atoms with van der Waals surface area (Å²) in [5.74, 6) is -1.48. The Hall–Kier alpha value is -1.09. The van der Waals surface area contributed by atoms with Crippen LogP contribution < -0.4 is 0 Å². The smallest absolute Gasteiger partial charge is 0.324 e. The molecule has 0 amide bonds. The van der Waals surface area contributed by atoms with E-state index in [2.05, 4.69) is 0 Å². The molecule has 1 atom stereocenters. The van der Waals surface area contributed by atoms with Crippen LogP contribution in [-0.4, -0.2) is 31.5 Å². The van der Waals surface area contributed by atoms with Crippen LogP contribution in [0.3, 0.4) is 0 Å². The van der Waals surface area contributed by atoms with Gasteiger partial charge in [0, 0.05) is 0 Å². The minimum Gasteiger partial charge on any atom is -0.462 e. The second-order valence-electron chi connectivity index (χ2n) is 3.09. The summed E-state index contributed by atoms with van der Waals surface area (Å²) in [6, 6.07) is 1.50. The number of hydrogen-bond acceptors (Lipinski definition) is 5. The maximum Gasteiger partial charge on any atom is 0.324 e. The van der Waals surface area contributed by atoms with Gasteiger partial charge >= 0.3 is 5.97 Å². The minimum atomic E-state index is -3.69. The van der Waals surface area contributed by atoms with Crippen LogP contribution in [0.2, 0.25) is 0 Å². The van der Waals surface area contributed by atoms with Crippen molar-refractivity contribution >= 4 is 15.8 Å². The molecule has 0 spiro atoms. The van der Waals surface area contributed by atoms with Crippen LogP contribution in [0.1, 0.15) is 20.8 Å².